The number of hydrogen-bond acceptors (Lipinski definition) is 10. The van der Waals surface area contributed by atoms with Crippen LogP contribution in [0.4, 0.5) is 0 Å². The van der Waals surface area contributed by atoms with Crippen molar-refractivity contribution in [2.45, 2.75) is 217 Å². The van der Waals surface area contributed by atoms with Crippen molar-refractivity contribution in [1.29, 1.82) is 0 Å². The van der Waals surface area contributed by atoms with Crippen molar-refractivity contribution in [1.82, 2.24) is 10.6 Å². The van der Waals surface area contributed by atoms with Crippen LogP contribution in [-0.2, 0) is 42.1 Å². The summed E-state index contributed by atoms with van der Waals surface area (Å²) in [5, 5.41) is 6.52. The molecule has 0 saturated carbocycles. The third-order valence-corrected chi connectivity index (χ3v) is 465. The molecule has 51 atom stereocenters. The SMILES string of the molecule is C/C(=C\COC(=O)c1ccccc1)[C@@H]1C/C=C/[C@@H]2O[C@H](c3ccccc3)O[C@]2(C)CCC(O[Si](C)(C)C(C)(C)C)CC(=O)N1.C=C/C=C(\C)[C@@H]1C/C=C/[C@@H]2O[C@H](c3ccccc3)O[C@]2(C)CCC(O[Si](C)(C)C(C)(C)C)CC(=O)N1.PP(P)P(P)P(P(P)P)P(P(P(P)P)P(P)P)P(P(P(P)P)P(P)P)P(P(P)P)P(P)P.PPP(P(P)P)P(P(P)P)P(P(P(P)P)P(P)P)P(P(P(P)P)P(P)P)P(P(P)P)P(P)P. The minimum absolute atomic E-state index is 0.00670. The molecule has 43 unspecified atom stereocenters. The molecule has 2 saturated heterocycles. The van der Waals surface area contributed by atoms with Gasteiger partial charge < -0.3 is 43.2 Å². The van der Waals surface area contributed by atoms with Crippen LogP contribution in [0.2, 0.25) is 36.3 Å². The first-order chi connectivity index (χ1) is 67.1. The van der Waals surface area contributed by atoms with Gasteiger partial charge in [-0.3, -0.25) is 9.59 Å². The Bertz CT molecular complexity index is 4350. The predicted octanol–water partition coefficient (Wildman–Crippen LogP) is 52.2. The summed E-state index contributed by atoms with van der Waals surface area (Å²) in [4.78, 5) is 39.1. The van der Waals surface area contributed by atoms with Crippen LogP contribution in [-0.4, -0.2) is 88.7 Å². The molecule has 4 heterocycles. The number of benzene rings is 3. The number of rotatable bonds is 41. The first-order valence-corrected chi connectivity index (χ1v) is 166. The largest absolute Gasteiger partial charge is 0.458 e. The van der Waals surface area contributed by atoms with Crippen molar-refractivity contribution in [3.05, 3.63) is 168 Å². The van der Waals surface area contributed by atoms with E-state index in [2.05, 4.69) is 427 Å². The van der Waals surface area contributed by atoms with Gasteiger partial charge in [0.2, 0.25) is 11.8 Å². The highest BCUT2D eigenvalue weighted by molar-refractivity contribution is 9.47. The minimum Gasteiger partial charge on any atom is -0.458 e. The number of amides is 2. The second-order valence-corrected chi connectivity index (χ2v) is 306. The lowest BCUT2D eigenvalue weighted by atomic mass is 9.90. The molecule has 2 fully saturated rings. The topological polar surface area (TPSA) is 140 Å². The fraction of sp³-hybridized carbons (Fsp3) is 0.530. The molecule has 0 aromatic heterocycles. The smallest absolute Gasteiger partial charge is 0.338 e. The van der Waals surface area contributed by atoms with Crippen LogP contribution in [0, 0.1) is 0 Å². The lowest BCUT2D eigenvalue weighted by molar-refractivity contribution is -0.124. The maximum atomic E-state index is 13.5. The Labute approximate surface area is 993 Å². The second kappa shape index (κ2) is 81.2. The highest BCUT2D eigenvalue weighted by Gasteiger charge is 2.56. The third kappa shape index (κ3) is 54.8. The highest BCUT2D eigenvalue weighted by atomic mass is 33.5. The zero-order chi connectivity index (χ0) is 111. The first-order valence-electron chi connectivity index (χ1n) is 43.5. The number of fused-ring (bicyclic) bond motifs is 2. The fourth-order valence-electron chi connectivity index (χ4n) is 13.3. The van der Waals surface area contributed by atoms with E-state index in [1.165, 1.54) is 0 Å². The van der Waals surface area contributed by atoms with Crippen LogP contribution in [0.5, 0.6) is 0 Å². The van der Waals surface area contributed by atoms with E-state index in [0.29, 0.717) is 37.7 Å². The van der Waals surface area contributed by atoms with E-state index in [1.54, 1.807) is 30.3 Å². The molecule has 0 bridgehead atoms. The molecule has 7 rings (SSSR count). The summed E-state index contributed by atoms with van der Waals surface area (Å²) in [5.74, 6) is -0.426. The monoisotopic (exact) mass is 3210 g/mol. The van der Waals surface area contributed by atoms with Crippen molar-refractivity contribution < 1.29 is 46.9 Å². The van der Waals surface area contributed by atoms with E-state index in [4.69, 9.17) is 32.5 Å². The van der Waals surface area contributed by atoms with Crippen molar-refractivity contribution in [2.75, 3.05) is 6.61 Å². The van der Waals surface area contributed by atoms with E-state index in [9.17, 15) is 14.4 Å². The molecule has 79 heteroatoms. The summed E-state index contributed by atoms with van der Waals surface area (Å²) >= 11 is 0. The Hall–Kier alpha value is 22.9. The van der Waals surface area contributed by atoms with Gasteiger partial charge in [-0.05, 0) is 330 Å². The minimum atomic E-state index is -2.16. The molecule has 830 valence electrons. The second-order valence-electron chi connectivity index (χ2n) is 35.6. The molecule has 0 aliphatic carbocycles. The van der Waals surface area contributed by atoms with Crippen molar-refractivity contribution in [3.8, 4) is 0 Å². The van der Waals surface area contributed by atoms with Gasteiger partial charge in [0, 0.05) is 11.1 Å². The molecule has 2 N–H and O–H groups in total. The van der Waals surface area contributed by atoms with Gasteiger partial charge in [0.05, 0.1) is 53.9 Å². The third-order valence-electron chi connectivity index (χ3n) is 22.5. The van der Waals surface area contributed by atoms with E-state index in [-0.39, 0.29) is 287 Å². The molecule has 3 aromatic rings. The van der Waals surface area contributed by atoms with Crippen LogP contribution in [0.1, 0.15) is 155 Å². The lowest BCUT2D eigenvalue weighted by Gasteiger charge is -2.53. The number of ether oxygens (including phenoxy) is 5. The van der Waals surface area contributed by atoms with Crippen LogP contribution in [0.3, 0.4) is 0 Å². The van der Waals surface area contributed by atoms with Crippen molar-refractivity contribution >= 4 is 556 Å². The number of nitrogens with one attached hydrogen (secondary N) is 2. The Morgan fingerprint density at radius 1 is 0.428 bits per heavy atom. The van der Waals surface area contributed by atoms with Gasteiger partial charge in [0.1, 0.15) is 18.8 Å². The molecule has 4 aliphatic rings. The summed E-state index contributed by atoms with van der Waals surface area (Å²) in [6, 6.07) is 28.6. The van der Waals surface area contributed by atoms with Crippen LogP contribution < -0.4 is 10.6 Å². The number of allylic oxidation sites excluding steroid dienone is 2. The van der Waals surface area contributed by atoms with Crippen molar-refractivity contribution in [2.24, 2.45) is 0 Å². The lowest BCUT2D eigenvalue weighted by Crippen LogP contribution is -2.47. The number of esters is 1. The maximum Gasteiger partial charge on any atom is 0.338 e. The molecular weight excluding hydrogens is 3050 g/mol. The molecular formula is C66H163N2O10P65Si2. The number of hydrogen-bond donors (Lipinski definition) is 2. The maximum absolute atomic E-state index is 13.5. The molecule has 3 aromatic carbocycles. The first kappa shape index (κ1) is 160. The van der Waals surface area contributed by atoms with Gasteiger partial charge in [-0.15, -0.1) is 304 Å². The Morgan fingerprint density at radius 2 is 0.717 bits per heavy atom. The summed E-state index contributed by atoms with van der Waals surface area (Å²) in [6.07, 6.45) is 16.7. The summed E-state index contributed by atoms with van der Waals surface area (Å²) in [6.45, 7) is 33.6. The molecule has 12 nitrogen and oxygen atoms in total. The van der Waals surface area contributed by atoms with Crippen LogP contribution >= 0.6 is 521 Å². The molecule has 0 spiro atoms. The van der Waals surface area contributed by atoms with E-state index >= 15 is 0 Å². The molecule has 0 radical (unpaired) electrons. The predicted molar refractivity (Wildman–Crippen MR) is 871 cm³/mol. The summed E-state index contributed by atoms with van der Waals surface area (Å²) < 4.78 is 45.3. The fourth-order valence-corrected chi connectivity index (χ4v) is 871. The average Bonchev–Trinajstić information content (AvgIpc) is 1.71. The normalized spacial score (nSPS) is 23.8. The average molecular weight is 3210 g/mol. The van der Waals surface area contributed by atoms with Gasteiger partial charge in [-0.2, -0.15) is 0 Å². The van der Waals surface area contributed by atoms with E-state index < -0.39 is 40.4 Å². The number of carbonyl (C=O) groups excluding carboxylic acids is 3. The summed E-state index contributed by atoms with van der Waals surface area (Å²) in [5.41, 5.74) is 3.36. The van der Waals surface area contributed by atoms with Crippen LogP contribution in [0.25, 0.3) is 0 Å². The molecule has 145 heavy (non-hydrogen) atoms. The quantitative estimate of drug-likeness (QED) is 0.0186. The highest BCUT2D eigenvalue weighted by Crippen LogP contribution is 3.42. The Balaban J connectivity index is 0.000000407. The van der Waals surface area contributed by atoms with E-state index in [0.717, 1.165) is 43.1 Å². The van der Waals surface area contributed by atoms with E-state index in [1.807, 2.05) is 92.7 Å². The Kier molecular flexibility index (Phi) is 89.7. The van der Waals surface area contributed by atoms with Crippen molar-refractivity contribution in [3.63, 3.8) is 0 Å². The van der Waals surface area contributed by atoms with Gasteiger partial charge >= 0.3 is 5.97 Å². The number of carbonyl (C=O) groups is 3. The standard InChI is InChI=1S/C36H49NO6Si.C30H45NO4Si.H35P33.H34P32/c1-26(22-24-40-33(39)27-15-10-8-11-16-27)30-19-14-20-31-36(5,42-34(41-31)28-17-12-9-13-18-28)23-21-29(25-32(38)37-30)43-44(6,7)35(2,3)4;1-9-14-22(2)25-17-13-18-26-30(6,34-28(33-26)23-15-11-10-12-16-23)20-19-24(21-27(32)31-25)35-36(7,8)29(3,4)5;1-18-27(19(2)3)31(26(16)17)33(30(24(12)13)25(14)15)32(28(20(4)5)21(6)7)29(22(8)9)23(10)11;1-18(2)26(17)30(25(15)16)32(29(23(11)12)24(13)14)31(27(19(3)4)20(5)6)28(21(7)8)22(9)10/h8-18,20,22,29-31,34H,19,21,23-25H2,1-7H3,(H,37,38);9-16,18,24-26,28H,1,17,19-21H2,2-8H3,(H,31,32);18H,1-17H2;1-17H2/b20-14+,26-22+;18-13+,22-14+;;/t29?,30-,31-,34-,36+;24?,25-,26-,28-,30+;;/m00../s1. The zero-order valence-corrected chi connectivity index (χ0v) is 153. The van der Waals surface area contributed by atoms with Gasteiger partial charge in [-0.1, -0.05) is 183 Å². The zero-order valence-electron chi connectivity index (χ0n) is 84.0. The Morgan fingerprint density at radius 3 is 0.993 bits per heavy atom. The van der Waals surface area contributed by atoms with Gasteiger partial charge in [0.15, 0.2) is 29.2 Å². The summed E-state index contributed by atoms with van der Waals surface area (Å²) in [7, 11) is 110. The molecule has 2 amide bonds. The van der Waals surface area contributed by atoms with Gasteiger partial charge in [0.25, 0.3) is 0 Å². The van der Waals surface area contributed by atoms with Gasteiger partial charge in [-0.25, -0.2) is 4.79 Å². The van der Waals surface area contributed by atoms with Crippen LogP contribution in [0.15, 0.2) is 151 Å². The molecule has 4 aliphatic heterocycles.